The predicted octanol–water partition coefficient (Wildman–Crippen LogP) is 14.5. The third-order valence-corrected chi connectivity index (χ3v) is 10.8. The molecule has 52 heavy (non-hydrogen) atoms. The molecule has 2 heteroatoms. The first-order valence-corrected chi connectivity index (χ1v) is 17.9. The molecule has 0 aliphatic rings. The van der Waals surface area contributed by atoms with Crippen LogP contribution >= 0.6 is 0 Å². The summed E-state index contributed by atoms with van der Waals surface area (Å²) in [4.78, 5) is 2.49. The van der Waals surface area contributed by atoms with Gasteiger partial charge in [-0.15, -0.1) is 0 Å². The van der Waals surface area contributed by atoms with Gasteiger partial charge in [-0.05, 0) is 79.0 Å². The van der Waals surface area contributed by atoms with E-state index in [4.69, 9.17) is 4.42 Å². The van der Waals surface area contributed by atoms with Crippen molar-refractivity contribution in [3.05, 3.63) is 188 Å². The van der Waals surface area contributed by atoms with Crippen molar-refractivity contribution in [3.63, 3.8) is 0 Å². The lowest BCUT2D eigenvalue weighted by atomic mass is 9.94. The van der Waals surface area contributed by atoms with Gasteiger partial charge in [0.15, 0.2) is 0 Å². The van der Waals surface area contributed by atoms with Crippen molar-refractivity contribution in [3.8, 4) is 11.1 Å². The summed E-state index contributed by atoms with van der Waals surface area (Å²) in [5.41, 5.74) is 7.32. The molecule has 11 aromatic rings. The van der Waals surface area contributed by atoms with Crippen molar-refractivity contribution in [2.24, 2.45) is 0 Å². The molecule has 242 valence electrons. The van der Waals surface area contributed by atoms with Crippen molar-refractivity contribution >= 4 is 92.9 Å². The number of anilines is 3. The van der Waals surface area contributed by atoms with Crippen LogP contribution in [0.5, 0.6) is 0 Å². The highest BCUT2D eigenvalue weighted by Gasteiger charge is 2.25. The summed E-state index contributed by atoms with van der Waals surface area (Å²) in [6.07, 6.45) is 0. The third-order valence-electron chi connectivity index (χ3n) is 10.8. The van der Waals surface area contributed by atoms with Crippen molar-refractivity contribution in [1.29, 1.82) is 0 Å². The average Bonchev–Trinajstić information content (AvgIpc) is 3.61. The molecule has 0 fully saturated rings. The van der Waals surface area contributed by atoms with Crippen LogP contribution in [0.4, 0.5) is 17.1 Å². The Morgan fingerprint density at radius 2 is 0.865 bits per heavy atom. The maximum atomic E-state index is 6.93. The highest BCUT2D eigenvalue weighted by molar-refractivity contribution is 6.23. The van der Waals surface area contributed by atoms with Crippen molar-refractivity contribution in [1.82, 2.24) is 0 Å². The molecule has 0 aliphatic heterocycles. The van der Waals surface area contributed by atoms with Gasteiger partial charge in [0, 0.05) is 21.7 Å². The minimum Gasteiger partial charge on any atom is -0.455 e. The molecule has 0 radical (unpaired) electrons. The summed E-state index contributed by atoms with van der Waals surface area (Å²) in [6.45, 7) is 0. The molecular formula is C50H31NO. The lowest BCUT2D eigenvalue weighted by molar-refractivity contribution is 0.670. The van der Waals surface area contributed by atoms with Crippen molar-refractivity contribution < 1.29 is 4.42 Å². The zero-order valence-electron chi connectivity index (χ0n) is 28.3. The van der Waals surface area contributed by atoms with E-state index in [1.165, 1.54) is 53.9 Å². The number of fused-ring (bicyclic) bond motifs is 10. The number of benzene rings is 10. The van der Waals surface area contributed by atoms with E-state index >= 15 is 0 Å². The van der Waals surface area contributed by atoms with E-state index in [1.807, 2.05) is 0 Å². The summed E-state index contributed by atoms with van der Waals surface area (Å²) in [6, 6.07) is 68.1. The Labute approximate surface area is 300 Å². The van der Waals surface area contributed by atoms with Crippen LogP contribution in [0.3, 0.4) is 0 Å². The van der Waals surface area contributed by atoms with E-state index < -0.39 is 0 Å². The summed E-state index contributed by atoms with van der Waals surface area (Å²) in [5.74, 6) is 0. The van der Waals surface area contributed by atoms with Gasteiger partial charge in [-0.3, -0.25) is 0 Å². The van der Waals surface area contributed by atoms with Gasteiger partial charge in [0.25, 0.3) is 0 Å². The van der Waals surface area contributed by atoms with Crippen molar-refractivity contribution in [2.75, 3.05) is 4.90 Å². The molecule has 0 bridgehead atoms. The van der Waals surface area contributed by atoms with E-state index in [2.05, 4.69) is 193 Å². The molecule has 0 spiro atoms. The second kappa shape index (κ2) is 11.3. The normalized spacial score (nSPS) is 11.8. The largest absolute Gasteiger partial charge is 0.455 e. The summed E-state index contributed by atoms with van der Waals surface area (Å²) >= 11 is 0. The number of para-hydroxylation sites is 1. The molecule has 11 rings (SSSR count). The molecule has 0 saturated carbocycles. The molecule has 0 unspecified atom stereocenters. The molecule has 10 aromatic carbocycles. The van der Waals surface area contributed by atoms with Crippen LogP contribution in [-0.2, 0) is 0 Å². The maximum absolute atomic E-state index is 6.93. The number of rotatable bonds is 4. The third kappa shape index (κ3) is 4.25. The minimum atomic E-state index is 0.874. The minimum absolute atomic E-state index is 0.874. The van der Waals surface area contributed by atoms with Gasteiger partial charge < -0.3 is 9.32 Å². The molecule has 1 aromatic heterocycles. The van der Waals surface area contributed by atoms with Gasteiger partial charge in [-0.1, -0.05) is 158 Å². The fourth-order valence-corrected chi connectivity index (χ4v) is 8.50. The van der Waals surface area contributed by atoms with E-state index in [9.17, 15) is 0 Å². The first kappa shape index (κ1) is 28.9. The van der Waals surface area contributed by atoms with Crippen molar-refractivity contribution in [2.45, 2.75) is 0 Å². The monoisotopic (exact) mass is 661 g/mol. The van der Waals surface area contributed by atoms with Gasteiger partial charge >= 0.3 is 0 Å². The van der Waals surface area contributed by atoms with E-state index in [0.717, 1.165) is 50.1 Å². The first-order valence-electron chi connectivity index (χ1n) is 17.9. The van der Waals surface area contributed by atoms with Crippen LogP contribution in [-0.4, -0.2) is 0 Å². The molecule has 0 amide bonds. The Morgan fingerprint density at radius 3 is 1.67 bits per heavy atom. The first-order chi connectivity index (χ1) is 25.8. The highest BCUT2D eigenvalue weighted by atomic mass is 16.3. The second-order valence-electron chi connectivity index (χ2n) is 13.6. The summed E-state index contributed by atoms with van der Waals surface area (Å²) < 4.78 is 6.93. The molecule has 0 atom stereocenters. The van der Waals surface area contributed by atoms with Crippen LogP contribution in [0.25, 0.3) is 86.9 Å². The SMILES string of the molecule is c1ccc2c(-c3ccc(N(c4cccc5c4ccc4ccccc45)c4cc5ccccc5c5ccccc45)c4c3oc3ccccc34)cccc2c1. The van der Waals surface area contributed by atoms with Gasteiger partial charge in [-0.25, -0.2) is 0 Å². The van der Waals surface area contributed by atoms with E-state index in [-0.39, 0.29) is 0 Å². The quantitative estimate of drug-likeness (QED) is 0.175. The lowest BCUT2D eigenvalue weighted by Crippen LogP contribution is -2.12. The Hall–Kier alpha value is -6.90. The lowest BCUT2D eigenvalue weighted by Gasteiger charge is -2.30. The maximum Gasteiger partial charge on any atom is 0.145 e. The van der Waals surface area contributed by atoms with Crippen LogP contribution in [0, 0.1) is 0 Å². The smallest absolute Gasteiger partial charge is 0.145 e. The van der Waals surface area contributed by atoms with Gasteiger partial charge in [-0.2, -0.15) is 0 Å². The Kier molecular flexibility index (Phi) is 6.28. The molecular weight excluding hydrogens is 631 g/mol. The number of hydrogen-bond donors (Lipinski definition) is 0. The average molecular weight is 662 g/mol. The fraction of sp³-hybridized carbons (Fsp3) is 0. The van der Waals surface area contributed by atoms with Crippen LogP contribution in [0.1, 0.15) is 0 Å². The zero-order chi connectivity index (χ0) is 34.2. The molecule has 2 nitrogen and oxygen atoms in total. The van der Waals surface area contributed by atoms with Crippen LogP contribution in [0.2, 0.25) is 0 Å². The molecule has 0 N–H and O–H groups in total. The van der Waals surface area contributed by atoms with E-state index in [1.54, 1.807) is 0 Å². The summed E-state index contributed by atoms with van der Waals surface area (Å²) in [7, 11) is 0. The van der Waals surface area contributed by atoms with Gasteiger partial charge in [0.2, 0.25) is 0 Å². The Balaban J connectivity index is 1.30. The van der Waals surface area contributed by atoms with Crippen LogP contribution < -0.4 is 4.90 Å². The van der Waals surface area contributed by atoms with E-state index in [0.29, 0.717) is 0 Å². The molecule has 0 saturated heterocycles. The number of nitrogens with zero attached hydrogens (tertiary/aromatic N) is 1. The number of hydrogen-bond acceptors (Lipinski definition) is 2. The zero-order valence-corrected chi connectivity index (χ0v) is 28.3. The number of furan rings is 1. The van der Waals surface area contributed by atoms with Gasteiger partial charge in [0.05, 0.1) is 22.4 Å². The summed E-state index contributed by atoms with van der Waals surface area (Å²) in [5, 5.41) is 14.4. The van der Waals surface area contributed by atoms with Gasteiger partial charge in [0.1, 0.15) is 11.2 Å². The Morgan fingerprint density at radius 1 is 0.308 bits per heavy atom. The Bertz CT molecular complexity index is 3200. The molecule has 1 heterocycles. The highest BCUT2D eigenvalue weighted by Crippen LogP contribution is 2.50. The molecule has 0 aliphatic carbocycles. The fourth-order valence-electron chi connectivity index (χ4n) is 8.50. The van der Waals surface area contributed by atoms with Crippen LogP contribution in [0.15, 0.2) is 192 Å². The topological polar surface area (TPSA) is 16.4 Å². The predicted molar refractivity (Wildman–Crippen MR) is 221 cm³/mol. The standard InChI is InChI=1S/C50H31NO/c1-4-17-35-32(13-1)16-11-23-40(35)43-29-30-46(49-44-22-9-10-26-48(44)52-50(43)49)51(45-25-12-24-39-36-18-5-2-14-33(36)27-28-42(39)45)47-31-34-15-3-6-19-37(34)38-20-7-8-21-41(38)47/h1-31H. The second-order valence-corrected chi connectivity index (χ2v) is 13.6.